The van der Waals surface area contributed by atoms with Gasteiger partial charge < -0.3 is 5.32 Å². The minimum Gasteiger partial charge on any atom is -0.350 e. The molecule has 0 saturated heterocycles. The maximum Gasteiger partial charge on any atom is 0.269 e. The van der Waals surface area contributed by atoms with Crippen molar-refractivity contribution >= 4 is 46.6 Å². The summed E-state index contributed by atoms with van der Waals surface area (Å²) >= 11 is 11.8. The number of nitro groups is 1. The fourth-order valence-corrected chi connectivity index (χ4v) is 3.12. The molecule has 28 heavy (non-hydrogen) atoms. The van der Waals surface area contributed by atoms with Gasteiger partial charge in [-0.25, -0.2) is 0 Å². The molecule has 1 aliphatic heterocycles. The van der Waals surface area contributed by atoms with Crippen LogP contribution in [0.5, 0.6) is 0 Å². The summed E-state index contributed by atoms with van der Waals surface area (Å²) in [5.41, 5.74) is 0.753. The van der Waals surface area contributed by atoms with E-state index in [1.54, 1.807) is 0 Å². The van der Waals surface area contributed by atoms with Gasteiger partial charge in [0.1, 0.15) is 6.04 Å². The minimum absolute atomic E-state index is 0.0632. The molecule has 8 nitrogen and oxygen atoms in total. The highest BCUT2D eigenvalue weighted by Crippen LogP contribution is 2.32. The van der Waals surface area contributed by atoms with E-state index in [1.165, 1.54) is 43.3 Å². The molecule has 2 aromatic rings. The number of amides is 3. The maximum atomic E-state index is 12.6. The normalized spacial score (nSPS) is 14.0. The zero-order valence-corrected chi connectivity index (χ0v) is 16.0. The van der Waals surface area contributed by atoms with Crippen LogP contribution in [0.1, 0.15) is 33.2 Å². The molecule has 0 fully saturated rings. The molecular weight excluding hydrogens is 409 g/mol. The van der Waals surface area contributed by atoms with E-state index in [2.05, 4.69) is 5.32 Å². The molecule has 0 saturated carbocycles. The quantitative estimate of drug-likeness (QED) is 0.452. The minimum atomic E-state index is -1.07. The van der Waals surface area contributed by atoms with E-state index in [0.29, 0.717) is 5.56 Å². The Balaban J connectivity index is 1.70. The summed E-state index contributed by atoms with van der Waals surface area (Å²) in [6, 6.07) is 7.21. The Morgan fingerprint density at radius 3 is 2.07 bits per heavy atom. The van der Waals surface area contributed by atoms with E-state index in [9.17, 15) is 24.5 Å². The van der Waals surface area contributed by atoms with Crippen molar-refractivity contribution in [2.24, 2.45) is 0 Å². The van der Waals surface area contributed by atoms with Gasteiger partial charge in [0.2, 0.25) is 5.91 Å². The molecule has 3 rings (SSSR count). The number of fused-ring (bicyclic) bond motifs is 1. The fourth-order valence-electron chi connectivity index (χ4n) is 2.79. The lowest BCUT2D eigenvalue weighted by molar-refractivity contribution is -0.384. The number of carbonyl (C=O) groups is 3. The number of hydrogen-bond acceptors (Lipinski definition) is 5. The van der Waals surface area contributed by atoms with Crippen molar-refractivity contribution in [3.8, 4) is 0 Å². The van der Waals surface area contributed by atoms with Crippen molar-refractivity contribution in [3.05, 3.63) is 73.2 Å². The second-order valence-electron chi connectivity index (χ2n) is 6.11. The first kappa shape index (κ1) is 19.8. The summed E-state index contributed by atoms with van der Waals surface area (Å²) in [7, 11) is 0. The third-order valence-corrected chi connectivity index (χ3v) is 5.06. The van der Waals surface area contributed by atoms with Gasteiger partial charge in [0.25, 0.3) is 17.5 Å². The number of non-ortho nitro benzene ring substituents is 1. The smallest absolute Gasteiger partial charge is 0.269 e. The lowest BCUT2D eigenvalue weighted by Gasteiger charge is -2.21. The van der Waals surface area contributed by atoms with Crippen LogP contribution < -0.4 is 5.32 Å². The lowest BCUT2D eigenvalue weighted by atomic mass is 10.1. The molecule has 0 radical (unpaired) electrons. The first-order valence-corrected chi connectivity index (χ1v) is 8.84. The lowest BCUT2D eigenvalue weighted by Crippen LogP contribution is -2.47. The number of nitrogens with zero attached hydrogens (tertiary/aromatic N) is 2. The average Bonchev–Trinajstić information content (AvgIpc) is 2.90. The summed E-state index contributed by atoms with van der Waals surface area (Å²) in [5, 5.41) is 13.5. The van der Waals surface area contributed by atoms with Crippen LogP contribution in [0.25, 0.3) is 0 Å². The molecule has 0 aliphatic carbocycles. The zero-order chi connectivity index (χ0) is 20.6. The molecule has 1 unspecified atom stereocenters. The third-order valence-electron chi connectivity index (χ3n) is 4.34. The average molecular weight is 422 g/mol. The van der Waals surface area contributed by atoms with E-state index in [1.807, 2.05) is 0 Å². The third kappa shape index (κ3) is 3.56. The van der Waals surface area contributed by atoms with Gasteiger partial charge in [-0.1, -0.05) is 35.3 Å². The Morgan fingerprint density at radius 2 is 1.61 bits per heavy atom. The molecule has 1 heterocycles. The van der Waals surface area contributed by atoms with Gasteiger partial charge >= 0.3 is 0 Å². The fraction of sp³-hybridized carbons (Fsp3) is 0.167. The van der Waals surface area contributed by atoms with Crippen molar-refractivity contribution in [3.63, 3.8) is 0 Å². The van der Waals surface area contributed by atoms with E-state index >= 15 is 0 Å². The Labute approximate surface area is 169 Å². The second kappa shape index (κ2) is 7.57. The number of nitro benzene ring substituents is 1. The summed E-state index contributed by atoms with van der Waals surface area (Å²) in [4.78, 5) is 48.5. The monoisotopic (exact) mass is 421 g/mol. The predicted octanol–water partition coefficient (Wildman–Crippen LogP) is 3.20. The summed E-state index contributed by atoms with van der Waals surface area (Å²) in [5.74, 6) is -1.81. The standard InChI is InChI=1S/C18H13Cl2N3O5/c1-9(16(24)21-8-10-2-4-11(5-3-10)23(27)28)22-17(25)12-6-14(19)15(20)7-13(12)18(22)26/h2-7,9H,8H2,1H3,(H,21,24). The Kier molecular flexibility index (Phi) is 5.35. The van der Waals surface area contributed by atoms with Crippen LogP contribution in [0, 0.1) is 10.1 Å². The highest BCUT2D eigenvalue weighted by Gasteiger charge is 2.41. The molecule has 1 aliphatic rings. The van der Waals surface area contributed by atoms with E-state index in [0.717, 1.165) is 4.90 Å². The van der Waals surface area contributed by atoms with Gasteiger partial charge in [-0.2, -0.15) is 0 Å². The van der Waals surface area contributed by atoms with Gasteiger partial charge in [-0.15, -0.1) is 0 Å². The molecule has 1 atom stereocenters. The van der Waals surface area contributed by atoms with Crippen LogP contribution in [0.3, 0.4) is 0 Å². The van der Waals surface area contributed by atoms with Crippen LogP contribution >= 0.6 is 23.2 Å². The largest absolute Gasteiger partial charge is 0.350 e. The molecule has 0 aromatic heterocycles. The first-order valence-electron chi connectivity index (χ1n) is 8.08. The van der Waals surface area contributed by atoms with Gasteiger partial charge in [0, 0.05) is 18.7 Å². The van der Waals surface area contributed by atoms with Gasteiger partial charge in [-0.05, 0) is 24.6 Å². The highest BCUT2D eigenvalue weighted by atomic mass is 35.5. The van der Waals surface area contributed by atoms with Crippen LogP contribution in [-0.2, 0) is 11.3 Å². The van der Waals surface area contributed by atoms with Crippen molar-refractivity contribution in [1.29, 1.82) is 0 Å². The number of nitrogens with one attached hydrogen (secondary N) is 1. The number of halogens is 2. The van der Waals surface area contributed by atoms with Crippen molar-refractivity contribution in [2.45, 2.75) is 19.5 Å². The predicted molar refractivity (Wildman–Crippen MR) is 101 cm³/mol. The maximum absolute atomic E-state index is 12.6. The van der Waals surface area contributed by atoms with E-state index in [-0.39, 0.29) is 33.4 Å². The summed E-state index contributed by atoms with van der Waals surface area (Å²) in [6.45, 7) is 1.51. The molecule has 10 heteroatoms. The summed E-state index contributed by atoms with van der Waals surface area (Å²) in [6.07, 6.45) is 0. The topological polar surface area (TPSA) is 110 Å². The van der Waals surface area contributed by atoms with Crippen LogP contribution in [0.2, 0.25) is 10.0 Å². The first-order chi connectivity index (χ1) is 13.2. The summed E-state index contributed by atoms with van der Waals surface area (Å²) < 4.78 is 0. The Morgan fingerprint density at radius 1 is 1.11 bits per heavy atom. The SMILES string of the molecule is CC(C(=O)NCc1ccc([N+](=O)[O-])cc1)N1C(=O)c2cc(Cl)c(Cl)cc2C1=O. The number of hydrogen-bond donors (Lipinski definition) is 1. The molecule has 1 N–H and O–H groups in total. The van der Waals surface area contributed by atoms with Crippen LogP contribution in [0.15, 0.2) is 36.4 Å². The van der Waals surface area contributed by atoms with Gasteiger partial charge in [0.05, 0.1) is 26.1 Å². The van der Waals surface area contributed by atoms with Crippen molar-refractivity contribution < 1.29 is 19.3 Å². The van der Waals surface area contributed by atoms with Gasteiger partial charge in [-0.3, -0.25) is 29.4 Å². The second-order valence-corrected chi connectivity index (χ2v) is 6.92. The molecular formula is C18H13Cl2N3O5. The molecule has 0 spiro atoms. The van der Waals surface area contributed by atoms with Crippen molar-refractivity contribution in [1.82, 2.24) is 10.2 Å². The van der Waals surface area contributed by atoms with E-state index in [4.69, 9.17) is 23.2 Å². The Bertz CT molecular complexity index is 966. The van der Waals surface area contributed by atoms with Crippen molar-refractivity contribution in [2.75, 3.05) is 0 Å². The molecule has 3 amide bonds. The Hall–Kier alpha value is -2.97. The highest BCUT2D eigenvalue weighted by molar-refractivity contribution is 6.43. The number of carbonyl (C=O) groups excluding carboxylic acids is 3. The number of imide groups is 1. The van der Waals surface area contributed by atoms with Crippen LogP contribution in [-0.4, -0.2) is 33.6 Å². The van der Waals surface area contributed by atoms with Crippen LogP contribution in [0.4, 0.5) is 5.69 Å². The molecule has 144 valence electrons. The zero-order valence-electron chi connectivity index (χ0n) is 14.4. The van der Waals surface area contributed by atoms with E-state index < -0.39 is 28.7 Å². The molecule has 2 aromatic carbocycles. The number of benzene rings is 2. The molecule has 0 bridgehead atoms. The number of rotatable bonds is 5. The van der Waals surface area contributed by atoms with Gasteiger partial charge in [0.15, 0.2) is 0 Å².